The summed E-state index contributed by atoms with van der Waals surface area (Å²) in [5.41, 5.74) is 3.28. The minimum atomic E-state index is -0.325. The van der Waals surface area contributed by atoms with Crippen LogP contribution in [0.3, 0.4) is 0 Å². The first-order valence-corrected chi connectivity index (χ1v) is 8.74. The van der Waals surface area contributed by atoms with Crippen molar-refractivity contribution in [1.82, 2.24) is 15.3 Å². The molecule has 3 aromatic rings. The Morgan fingerprint density at radius 2 is 1.54 bits per heavy atom. The van der Waals surface area contributed by atoms with E-state index in [0.717, 1.165) is 11.3 Å². The minimum absolute atomic E-state index is 0.297. The first-order valence-electron chi connectivity index (χ1n) is 8.74. The van der Waals surface area contributed by atoms with Crippen molar-refractivity contribution >= 4 is 23.2 Å². The number of carbonyl (C=O) groups excluding carboxylic acids is 2. The molecule has 0 spiro atoms. The van der Waals surface area contributed by atoms with Crippen LogP contribution >= 0.6 is 0 Å². The Labute approximate surface area is 163 Å². The molecule has 0 aliphatic rings. The highest BCUT2D eigenvalue weighted by atomic mass is 16.2. The monoisotopic (exact) mass is 375 g/mol. The Kier molecular flexibility index (Phi) is 5.96. The van der Waals surface area contributed by atoms with Crippen LogP contribution in [0.5, 0.6) is 0 Å². The summed E-state index contributed by atoms with van der Waals surface area (Å²) in [4.78, 5) is 34.8. The van der Waals surface area contributed by atoms with Crippen molar-refractivity contribution in [2.45, 2.75) is 6.54 Å². The van der Waals surface area contributed by atoms with Gasteiger partial charge in [0, 0.05) is 56.8 Å². The smallest absolute Gasteiger partial charge is 0.257 e. The summed E-state index contributed by atoms with van der Waals surface area (Å²) in [7, 11) is 3.90. The minimum Gasteiger partial charge on any atom is -0.378 e. The Balaban J connectivity index is 1.64. The molecule has 0 atom stereocenters. The summed E-state index contributed by atoms with van der Waals surface area (Å²) < 4.78 is 0. The van der Waals surface area contributed by atoms with Gasteiger partial charge >= 0.3 is 0 Å². The standard InChI is InChI=1S/C21H21N5O2/c1-26(2)19-5-3-18(4-6-19)25-21(28)17-11-16(13-23-14-17)20(27)24-12-15-7-9-22-10-8-15/h3-11,13-14H,12H2,1-2H3,(H,24,27)(H,25,28). The van der Waals surface area contributed by atoms with E-state index in [4.69, 9.17) is 0 Å². The van der Waals surface area contributed by atoms with Crippen molar-refractivity contribution in [3.63, 3.8) is 0 Å². The van der Waals surface area contributed by atoms with Crippen LogP contribution in [0.25, 0.3) is 0 Å². The molecule has 0 aliphatic heterocycles. The molecule has 1 aromatic carbocycles. The van der Waals surface area contributed by atoms with Gasteiger partial charge in [-0.1, -0.05) is 0 Å². The van der Waals surface area contributed by atoms with Gasteiger partial charge in [0.2, 0.25) is 0 Å². The quantitative estimate of drug-likeness (QED) is 0.692. The number of nitrogens with one attached hydrogen (secondary N) is 2. The number of rotatable bonds is 6. The summed E-state index contributed by atoms with van der Waals surface area (Å²) in [5, 5.41) is 5.62. The maximum Gasteiger partial charge on any atom is 0.257 e. The molecule has 0 radical (unpaired) electrons. The Morgan fingerprint density at radius 1 is 0.893 bits per heavy atom. The van der Waals surface area contributed by atoms with E-state index in [9.17, 15) is 9.59 Å². The number of carbonyl (C=O) groups is 2. The maximum absolute atomic E-state index is 12.5. The number of amides is 2. The topological polar surface area (TPSA) is 87.2 Å². The highest BCUT2D eigenvalue weighted by molar-refractivity contribution is 6.05. The number of nitrogens with zero attached hydrogens (tertiary/aromatic N) is 3. The molecule has 7 nitrogen and oxygen atoms in total. The first kappa shape index (κ1) is 19.0. The molecule has 0 saturated heterocycles. The maximum atomic E-state index is 12.5. The van der Waals surface area contributed by atoms with Crippen LogP contribution in [0, 0.1) is 0 Å². The second-order valence-corrected chi connectivity index (χ2v) is 6.40. The fourth-order valence-electron chi connectivity index (χ4n) is 2.52. The van der Waals surface area contributed by atoms with Gasteiger partial charge in [-0.3, -0.25) is 19.6 Å². The van der Waals surface area contributed by atoms with Gasteiger partial charge < -0.3 is 15.5 Å². The van der Waals surface area contributed by atoms with E-state index in [1.165, 1.54) is 18.5 Å². The van der Waals surface area contributed by atoms with Crippen LogP contribution in [0.15, 0.2) is 67.3 Å². The molecule has 142 valence electrons. The molecule has 2 N–H and O–H groups in total. The molecule has 0 bridgehead atoms. The second-order valence-electron chi connectivity index (χ2n) is 6.40. The van der Waals surface area contributed by atoms with Gasteiger partial charge in [0.05, 0.1) is 11.1 Å². The van der Waals surface area contributed by atoms with Crippen LogP contribution < -0.4 is 15.5 Å². The van der Waals surface area contributed by atoms with E-state index >= 15 is 0 Å². The van der Waals surface area contributed by atoms with E-state index in [-0.39, 0.29) is 11.8 Å². The van der Waals surface area contributed by atoms with Crippen molar-refractivity contribution in [1.29, 1.82) is 0 Å². The molecule has 2 amide bonds. The molecule has 7 heteroatoms. The molecular formula is C21H21N5O2. The zero-order valence-electron chi connectivity index (χ0n) is 15.7. The van der Waals surface area contributed by atoms with E-state index in [1.807, 2.05) is 55.4 Å². The average Bonchev–Trinajstić information content (AvgIpc) is 2.73. The zero-order chi connectivity index (χ0) is 19.9. The summed E-state index contributed by atoms with van der Waals surface area (Å²) in [6.07, 6.45) is 6.20. The van der Waals surface area contributed by atoms with Gasteiger partial charge in [-0.15, -0.1) is 0 Å². The molecule has 3 rings (SSSR count). The van der Waals surface area contributed by atoms with E-state index in [2.05, 4.69) is 20.6 Å². The molecular weight excluding hydrogens is 354 g/mol. The predicted octanol–water partition coefficient (Wildman–Crippen LogP) is 2.72. The van der Waals surface area contributed by atoms with Crippen LogP contribution in [-0.4, -0.2) is 35.9 Å². The number of pyridine rings is 2. The number of anilines is 2. The second kappa shape index (κ2) is 8.77. The van der Waals surface area contributed by atoms with Gasteiger partial charge in [0.25, 0.3) is 11.8 Å². The number of aromatic nitrogens is 2. The Bertz CT molecular complexity index is 956. The van der Waals surface area contributed by atoms with E-state index < -0.39 is 0 Å². The zero-order valence-corrected chi connectivity index (χ0v) is 15.7. The largest absolute Gasteiger partial charge is 0.378 e. The van der Waals surface area contributed by atoms with Crippen molar-refractivity contribution in [3.8, 4) is 0 Å². The molecule has 28 heavy (non-hydrogen) atoms. The molecule has 0 fully saturated rings. The van der Waals surface area contributed by atoms with Gasteiger partial charge in [0.15, 0.2) is 0 Å². The van der Waals surface area contributed by atoms with Crippen LogP contribution in [-0.2, 0) is 6.54 Å². The molecule has 0 saturated carbocycles. The van der Waals surface area contributed by atoms with Crippen molar-refractivity contribution in [3.05, 3.63) is 83.9 Å². The molecule has 2 heterocycles. The Hall–Kier alpha value is -3.74. The lowest BCUT2D eigenvalue weighted by Gasteiger charge is -2.13. The van der Waals surface area contributed by atoms with Crippen molar-refractivity contribution in [2.24, 2.45) is 0 Å². The molecule has 0 aliphatic carbocycles. The van der Waals surface area contributed by atoms with Crippen LogP contribution in [0.1, 0.15) is 26.3 Å². The van der Waals surface area contributed by atoms with E-state index in [1.54, 1.807) is 12.4 Å². The number of benzene rings is 1. The normalized spacial score (nSPS) is 10.2. The Morgan fingerprint density at radius 3 is 2.18 bits per heavy atom. The fourth-order valence-corrected chi connectivity index (χ4v) is 2.52. The SMILES string of the molecule is CN(C)c1ccc(NC(=O)c2cncc(C(=O)NCc3ccncc3)c2)cc1. The van der Waals surface area contributed by atoms with Crippen molar-refractivity contribution in [2.75, 3.05) is 24.3 Å². The molecule has 2 aromatic heterocycles. The third-order valence-electron chi connectivity index (χ3n) is 4.11. The lowest BCUT2D eigenvalue weighted by Crippen LogP contribution is -2.23. The summed E-state index contributed by atoms with van der Waals surface area (Å²) in [6, 6.07) is 12.7. The van der Waals surface area contributed by atoms with Crippen LogP contribution in [0.4, 0.5) is 11.4 Å². The highest BCUT2D eigenvalue weighted by Gasteiger charge is 2.12. The average molecular weight is 375 g/mol. The fraction of sp³-hybridized carbons (Fsp3) is 0.143. The summed E-state index contributed by atoms with van der Waals surface area (Å²) in [6.45, 7) is 0.371. The van der Waals surface area contributed by atoms with Gasteiger partial charge in [0.1, 0.15) is 0 Å². The summed E-state index contributed by atoms with van der Waals surface area (Å²) in [5.74, 6) is -0.622. The lowest BCUT2D eigenvalue weighted by molar-refractivity contribution is 0.0950. The number of hydrogen-bond donors (Lipinski definition) is 2. The van der Waals surface area contributed by atoms with E-state index in [0.29, 0.717) is 23.4 Å². The summed E-state index contributed by atoms with van der Waals surface area (Å²) >= 11 is 0. The lowest BCUT2D eigenvalue weighted by atomic mass is 10.1. The van der Waals surface area contributed by atoms with Crippen LogP contribution in [0.2, 0.25) is 0 Å². The van der Waals surface area contributed by atoms with Gasteiger partial charge in [-0.05, 0) is 48.0 Å². The number of hydrogen-bond acceptors (Lipinski definition) is 5. The third kappa shape index (κ3) is 4.91. The molecule has 0 unspecified atom stereocenters. The van der Waals surface area contributed by atoms with Crippen molar-refractivity contribution < 1.29 is 9.59 Å². The predicted molar refractivity (Wildman–Crippen MR) is 108 cm³/mol. The third-order valence-corrected chi connectivity index (χ3v) is 4.11. The first-order chi connectivity index (χ1) is 13.5. The van der Waals surface area contributed by atoms with Gasteiger partial charge in [-0.25, -0.2) is 0 Å². The highest BCUT2D eigenvalue weighted by Crippen LogP contribution is 2.16. The van der Waals surface area contributed by atoms with Gasteiger partial charge in [-0.2, -0.15) is 0 Å².